The summed E-state index contributed by atoms with van der Waals surface area (Å²) in [5.41, 5.74) is 11.9. The highest BCUT2D eigenvalue weighted by atomic mass is 15.1. The van der Waals surface area contributed by atoms with E-state index < -0.39 is 0 Å². The number of aryl methyl sites for hydroxylation is 2. The van der Waals surface area contributed by atoms with E-state index in [2.05, 4.69) is 59.5 Å². The van der Waals surface area contributed by atoms with Crippen molar-refractivity contribution in [2.75, 3.05) is 5.32 Å². The van der Waals surface area contributed by atoms with Gasteiger partial charge in [-0.3, -0.25) is 0 Å². The number of aliphatic imine (C=N–C) groups is 1. The van der Waals surface area contributed by atoms with Gasteiger partial charge >= 0.3 is 0 Å². The lowest BCUT2D eigenvalue weighted by atomic mass is 10.0. The zero-order valence-electron chi connectivity index (χ0n) is 15.3. The number of rotatable bonds is 6. The van der Waals surface area contributed by atoms with E-state index in [0.717, 1.165) is 29.8 Å². The van der Waals surface area contributed by atoms with Crippen molar-refractivity contribution in [1.82, 2.24) is 9.55 Å². The Morgan fingerprint density at radius 1 is 1.04 bits per heavy atom. The second-order valence-electron chi connectivity index (χ2n) is 6.08. The van der Waals surface area contributed by atoms with Crippen LogP contribution in [0.1, 0.15) is 30.5 Å². The van der Waals surface area contributed by atoms with E-state index in [1.165, 1.54) is 11.1 Å². The zero-order valence-corrected chi connectivity index (χ0v) is 15.3. The topological polar surface area (TPSA) is 68.2 Å². The summed E-state index contributed by atoms with van der Waals surface area (Å²) in [6.45, 7) is 4.80. The van der Waals surface area contributed by atoms with Crippen LogP contribution in [0.25, 0.3) is 5.69 Å². The number of hydrogen-bond donors (Lipinski definition) is 2. The molecule has 0 amide bonds. The second kappa shape index (κ2) is 8.34. The maximum Gasteiger partial charge on any atom is 0.193 e. The Hall–Kier alpha value is -3.08. The molecule has 1 heterocycles. The van der Waals surface area contributed by atoms with Crippen molar-refractivity contribution in [2.24, 2.45) is 10.7 Å². The van der Waals surface area contributed by atoms with Crippen LogP contribution in [0.2, 0.25) is 0 Å². The highest BCUT2D eigenvalue weighted by Gasteiger charge is 2.08. The van der Waals surface area contributed by atoms with Crippen molar-refractivity contribution >= 4 is 11.6 Å². The second-order valence-corrected chi connectivity index (χ2v) is 6.08. The van der Waals surface area contributed by atoms with E-state index in [-0.39, 0.29) is 0 Å². The monoisotopic (exact) mass is 347 g/mol. The van der Waals surface area contributed by atoms with Gasteiger partial charge in [0.2, 0.25) is 0 Å². The maximum absolute atomic E-state index is 6.19. The fourth-order valence-electron chi connectivity index (χ4n) is 3.04. The summed E-state index contributed by atoms with van der Waals surface area (Å²) >= 11 is 0. The number of benzene rings is 2. The van der Waals surface area contributed by atoms with Crippen LogP contribution in [-0.4, -0.2) is 15.5 Å². The lowest BCUT2D eigenvalue weighted by molar-refractivity contribution is 0.979. The highest BCUT2D eigenvalue weighted by molar-refractivity contribution is 5.93. The van der Waals surface area contributed by atoms with Gasteiger partial charge in [0.1, 0.15) is 0 Å². The molecule has 0 fully saturated rings. The Labute approximate surface area is 154 Å². The third kappa shape index (κ3) is 3.94. The van der Waals surface area contributed by atoms with Crippen molar-refractivity contribution in [1.29, 1.82) is 0 Å². The first kappa shape index (κ1) is 17.7. The van der Waals surface area contributed by atoms with Crippen molar-refractivity contribution in [3.63, 3.8) is 0 Å². The SMILES string of the molecule is CCc1cccc(CC)c1NC(N)=NCc1ccccc1-n1ccnc1. The van der Waals surface area contributed by atoms with Gasteiger partial charge in [-0.1, -0.05) is 50.2 Å². The van der Waals surface area contributed by atoms with Crippen molar-refractivity contribution in [3.05, 3.63) is 77.9 Å². The summed E-state index contributed by atoms with van der Waals surface area (Å²) in [7, 11) is 0. The molecule has 3 aromatic rings. The minimum absolute atomic E-state index is 0.432. The molecule has 3 N–H and O–H groups in total. The van der Waals surface area contributed by atoms with Crippen LogP contribution in [0.5, 0.6) is 0 Å². The van der Waals surface area contributed by atoms with E-state index in [1.54, 1.807) is 12.5 Å². The minimum atomic E-state index is 0.432. The number of hydrogen-bond acceptors (Lipinski definition) is 2. The number of aromatic nitrogens is 2. The Balaban J connectivity index is 1.81. The molecular formula is C21H25N5. The van der Waals surface area contributed by atoms with Crippen LogP contribution in [0.3, 0.4) is 0 Å². The first-order valence-corrected chi connectivity index (χ1v) is 8.96. The molecule has 0 aliphatic rings. The van der Waals surface area contributed by atoms with Crippen LogP contribution in [0.4, 0.5) is 5.69 Å². The molecule has 0 radical (unpaired) electrons. The molecule has 26 heavy (non-hydrogen) atoms. The molecule has 0 atom stereocenters. The van der Waals surface area contributed by atoms with E-state index in [9.17, 15) is 0 Å². The van der Waals surface area contributed by atoms with Gasteiger partial charge in [-0.05, 0) is 35.6 Å². The third-order valence-electron chi connectivity index (χ3n) is 4.45. The molecule has 0 bridgehead atoms. The van der Waals surface area contributed by atoms with Crippen LogP contribution >= 0.6 is 0 Å². The zero-order chi connectivity index (χ0) is 18.4. The van der Waals surface area contributed by atoms with Crippen LogP contribution in [0, 0.1) is 0 Å². The van der Waals surface area contributed by atoms with E-state index >= 15 is 0 Å². The van der Waals surface area contributed by atoms with Gasteiger partial charge in [0.05, 0.1) is 18.6 Å². The maximum atomic E-state index is 6.19. The Bertz CT molecular complexity index is 859. The Morgan fingerprint density at radius 3 is 2.38 bits per heavy atom. The van der Waals surface area contributed by atoms with Crippen LogP contribution < -0.4 is 11.1 Å². The van der Waals surface area contributed by atoms with Gasteiger partial charge in [-0.2, -0.15) is 0 Å². The van der Waals surface area contributed by atoms with Gasteiger partial charge in [-0.25, -0.2) is 9.98 Å². The van der Waals surface area contributed by atoms with Gasteiger partial charge < -0.3 is 15.6 Å². The number of imidazole rings is 1. The van der Waals surface area contributed by atoms with E-state index in [0.29, 0.717) is 12.5 Å². The molecule has 0 saturated heterocycles. The normalized spacial score (nSPS) is 11.5. The quantitative estimate of drug-likeness (QED) is 0.524. The molecule has 1 aromatic heterocycles. The summed E-state index contributed by atoms with van der Waals surface area (Å²) in [5.74, 6) is 0.432. The third-order valence-corrected chi connectivity index (χ3v) is 4.45. The average molecular weight is 347 g/mol. The lowest BCUT2D eigenvalue weighted by Crippen LogP contribution is -2.24. The van der Waals surface area contributed by atoms with Crippen LogP contribution in [0.15, 0.2) is 66.2 Å². The lowest BCUT2D eigenvalue weighted by Gasteiger charge is -2.15. The largest absolute Gasteiger partial charge is 0.370 e. The Morgan fingerprint density at radius 2 is 1.73 bits per heavy atom. The number of guanidine groups is 1. The fourth-order valence-corrected chi connectivity index (χ4v) is 3.04. The Kier molecular flexibility index (Phi) is 5.69. The molecular weight excluding hydrogens is 322 g/mol. The van der Waals surface area contributed by atoms with Crippen molar-refractivity contribution < 1.29 is 0 Å². The highest BCUT2D eigenvalue weighted by Crippen LogP contribution is 2.22. The van der Waals surface area contributed by atoms with E-state index in [4.69, 9.17) is 5.73 Å². The molecule has 0 aliphatic carbocycles. The number of nitrogens with one attached hydrogen (secondary N) is 1. The van der Waals surface area contributed by atoms with Crippen molar-refractivity contribution in [3.8, 4) is 5.69 Å². The summed E-state index contributed by atoms with van der Waals surface area (Å²) in [4.78, 5) is 8.68. The van der Waals surface area contributed by atoms with Crippen LogP contribution in [-0.2, 0) is 19.4 Å². The fraction of sp³-hybridized carbons (Fsp3) is 0.238. The molecule has 0 unspecified atom stereocenters. The number of anilines is 1. The van der Waals surface area contributed by atoms with Gasteiger partial charge in [0.15, 0.2) is 5.96 Å². The molecule has 5 nitrogen and oxygen atoms in total. The van der Waals surface area contributed by atoms with Gasteiger partial charge in [0, 0.05) is 18.1 Å². The summed E-state index contributed by atoms with van der Waals surface area (Å²) < 4.78 is 1.98. The smallest absolute Gasteiger partial charge is 0.193 e. The molecule has 3 rings (SSSR count). The molecule has 2 aromatic carbocycles. The van der Waals surface area contributed by atoms with Crippen molar-refractivity contribution in [2.45, 2.75) is 33.2 Å². The predicted octanol–water partition coefficient (Wildman–Crippen LogP) is 3.92. The standard InChI is InChI=1S/C21H25N5/c1-3-16-9-7-10-17(4-2)20(16)25-21(22)24-14-18-8-5-6-11-19(18)26-13-12-23-15-26/h5-13,15H,3-4,14H2,1-2H3,(H3,22,24,25). The average Bonchev–Trinajstić information content (AvgIpc) is 3.21. The molecule has 0 saturated carbocycles. The number of nitrogens with zero attached hydrogens (tertiary/aromatic N) is 3. The number of nitrogens with two attached hydrogens (primary N) is 1. The van der Waals surface area contributed by atoms with Gasteiger partial charge in [-0.15, -0.1) is 0 Å². The van der Waals surface area contributed by atoms with Gasteiger partial charge in [0.25, 0.3) is 0 Å². The summed E-state index contributed by atoms with van der Waals surface area (Å²) in [6, 6.07) is 14.5. The molecule has 5 heteroatoms. The first-order chi connectivity index (χ1) is 12.7. The first-order valence-electron chi connectivity index (χ1n) is 8.96. The molecule has 134 valence electrons. The summed E-state index contributed by atoms with van der Waals surface area (Å²) in [6.07, 6.45) is 7.38. The molecule has 0 aliphatic heterocycles. The summed E-state index contributed by atoms with van der Waals surface area (Å²) in [5, 5.41) is 3.31. The predicted molar refractivity (Wildman–Crippen MR) is 108 cm³/mol. The number of para-hydroxylation sites is 2. The molecule has 0 spiro atoms. The van der Waals surface area contributed by atoms with E-state index in [1.807, 2.05) is 22.9 Å². The minimum Gasteiger partial charge on any atom is -0.370 e.